The SMILES string of the molecule is CN1C2CCC3C(CCC(=O)C31)C2. The van der Waals surface area contributed by atoms with E-state index in [4.69, 9.17) is 0 Å². The molecule has 2 heterocycles. The molecule has 4 rings (SSSR count). The van der Waals surface area contributed by atoms with Crippen LogP contribution in [0.25, 0.3) is 0 Å². The number of rotatable bonds is 0. The standard InChI is InChI=1S/C11H17NO/c1-12-8-3-4-9-7(6-8)2-5-10(13)11(9)12/h7-9,11H,2-6H2,1H3. The van der Waals surface area contributed by atoms with Gasteiger partial charge >= 0.3 is 0 Å². The Morgan fingerprint density at radius 1 is 1.31 bits per heavy atom. The van der Waals surface area contributed by atoms with E-state index in [-0.39, 0.29) is 0 Å². The highest BCUT2D eigenvalue weighted by atomic mass is 16.1. The summed E-state index contributed by atoms with van der Waals surface area (Å²) in [6, 6.07) is 1.04. The molecule has 0 aromatic heterocycles. The molecule has 0 N–H and O–H groups in total. The van der Waals surface area contributed by atoms with Crippen LogP contribution in [-0.4, -0.2) is 29.8 Å². The zero-order valence-electron chi connectivity index (χ0n) is 8.20. The Morgan fingerprint density at radius 3 is 2.92 bits per heavy atom. The van der Waals surface area contributed by atoms with Crippen molar-refractivity contribution in [3.63, 3.8) is 0 Å². The van der Waals surface area contributed by atoms with E-state index in [0.717, 1.165) is 24.3 Å². The Morgan fingerprint density at radius 2 is 2.15 bits per heavy atom. The number of piperidine rings is 2. The highest BCUT2D eigenvalue weighted by Gasteiger charge is 2.50. The quantitative estimate of drug-likeness (QED) is 0.561. The summed E-state index contributed by atoms with van der Waals surface area (Å²) in [6.07, 6.45) is 6.05. The summed E-state index contributed by atoms with van der Waals surface area (Å²) < 4.78 is 0. The van der Waals surface area contributed by atoms with Crippen LogP contribution in [0.3, 0.4) is 0 Å². The van der Waals surface area contributed by atoms with Crippen molar-refractivity contribution in [3.05, 3.63) is 0 Å². The Bertz CT molecular complexity index is 250. The lowest BCUT2D eigenvalue weighted by Crippen LogP contribution is -2.61. The maximum atomic E-state index is 11.8. The molecule has 2 heteroatoms. The van der Waals surface area contributed by atoms with Gasteiger partial charge < -0.3 is 0 Å². The number of hydrogen-bond donors (Lipinski definition) is 0. The van der Waals surface area contributed by atoms with E-state index in [1.54, 1.807) is 0 Å². The summed E-state index contributed by atoms with van der Waals surface area (Å²) in [7, 11) is 2.15. The second-order valence-electron chi connectivity index (χ2n) is 5.01. The van der Waals surface area contributed by atoms with Crippen molar-refractivity contribution < 1.29 is 4.79 Å². The summed E-state index contributed by atoms with van der Waals surface area (Å²) in [6.45, 7) is 0. The van der Waals surface area contributed by atoms with Crippen molar-refractivity contribution >= 4 is 5.78 Å². The number of fused-ring (bicyclic) bond motifs is 1. The lowest BCUT2D eigenvalue weighted by Gasteiger charge is -2.55. The van der Waals surface area contributed by atoms with Crippen LogP contribution in [0.15, 0.2) is 0 Å². The maximum Gasteiger partial charge on any atom is 0.150 e. The molecule has 0 radical (unpaired) electrons. The molecule has 0 spiro atoms. The summed E-state index contributed by atoms with van der Waals surface area (Å²) in [5.41, 5.74) is 0. The first-order valence-electron chi connectivity index (χ1n) is 5.52. The van der Waals surface area contributed by atoms with E-state index >= 15 is 0 Å². The van der Waals surface area contributed by atoms with Crippen molar-refractivity contribution in [1.82, 2.24) is 4.90 Å². The Balaban J connectivity index is 1.96. The Kier molecular flexibility index (Phi) is 1.58. The van der Waals surface area contributed by atoms with Crippen molar-refractivity contribution in [3.8, 4) is 0 Å². The monoisotopic (exact) mass is 179 g/mol. The van der Waals surface area contributed by atoms with E-state index in [1.165, 1.54) is 25.7 Å². The highest BCUT2D eigenvalue weighted by molar-refractivity contribution is 5.85. The zero-order chi connectivity index (χ0) is 9.00. The van der Waals surface area contributed by atoms with Gasteiger partial charge in [-0.3, -0.25) is 9.69 Å². The molecular weight excluding hydrogens is 162 g/mol. The summed E-state index contributed by atoms with van der Waals surface area (Å²) >= 11 is 0. The number of hydrogen-bond acceptors (Lipinski definition) is 2. The fourth-order valence-electron chi connectivity index (χ4n) is 3.85. The molecule has 4 unspecified atom stereocenters. The number of carbonyl (C=O) groups excluding carboxylic acids is 1. The van der Waals surface area contributed by atoms with Crippen molar-refractivity contribution in [2.24, 2.45) is 11.8 Å². The van der Waals surface area contributed by atoms with E-state index < -0.39 is 0 Å². The Labute approximate surface area is 79.3 Å². The summed E-state index contributed by atoms with van der Waals surface area (Å²) in [4.78, 5) is 14.1. The van der Waals surface area contributed by atoms with Crippen molar-refractivity contribution in [2.45, 2.75) is 44.2 Å². The third kappa shape index (κ3) is 0.954. The van der Waals surface area contributed by atoms with Crippen LogP contribution in [-0.2, 0) is 4.79 Å². The molecule has 2 saturated heterocycles. The van der Waals surface area contributed by atoms with Crippen LogP contribution < -0.4 is 0 Å². The minimum Gasteiger partial charge on any atom is -0.298 e. The summed E-state index contributed by atoms with van der Waals surface area (Å²) in [5, 5.41) is 0. The number of ketones is 1. The van der Waals surface area contributed by atoms with Crippen molar-refractivity contribution in [1.29, 1.82) is 0 Å². The third-order valence-electron chi connectivity index (χ3n) is 4.53. The van der Waals surface area contributed by atoms with Gasteiger partial charge in [0.1, 0.15) is 5.78 Å². The normalized spacial score (nSPS) is 49.8. The minimum absolute atomic E-state index is 0.311. The van der Waals surface area contributed by atoms with Gasteiger partial charge in [-0.05, 0) is 44.6 Å². The molecule has 13 heavy (non-hydrogen) atoms. The lowest BCUT2D eigenvalue weighted by molar-refractivity contribution is -0.141. The average Bonchev–Trinajstić information content (AvgIpc) is 2.15. The van der Waals surface area contributed by atoms with Gasteiger partial charge in [0.25, 0.3) is 0 Å². The second-order valence-corrected chi connectivity index (χ2v) is 5.01. The van der Waals surface area contributed by atoms with Gasteiger partial charge in [-0.2, -0.15) is 0 Å². The van der Waals surface area contributed by atoms with Gasteiger partial charge in [0.05, 0.1) is 6.04 Å². The first kappa shape index (κ1) is 7.98. The molecule has 4 fully saturated rings. The van der Waals surface area contributed by atoms with Crippen LogP contribution >= 0.6 is 0 Å². The van der Waals surface area contributed by atoms with E-state index in [2.05, 4.69) is 11.9 Å². The smallest absolute Gasteiger partial charge is 0.150 e. The molecule has 4 atom stereocenters. The number of likely N-dealkylation sites (N-methyl/N-ethyl adjacent to an activating group) is 1. The molecule has 4 bridgehead atoms. The fourth-order valence-corrected chi connectivity index (χ4v) is 3.85. The zero-order valence-corrected chi connectivity index (χ0v) is 8.20. The van der Waals surface area contributed by atoms with E-state index in [0.29, 0.717) is 11.8 Å². The molecule has 4 aliphatic rings. The topological polar surface area (TPSA) is 20.3 Å². The molecule has 2 aliphatic carbocycles. The lowest BCUT2D eigenvalue weighted by atomic mass is 9.62. The van der Waals surface area contributed by atoms with Crippen LogP contribution in [0.2, 0.25) is 0 Å². The predicted molar refractivity (Wildman–Crippen MR) is 50.4 cm³/mol. The predicted octanol–water partition coefficient (Wildman–Crippen LogP) is 1.45. The average molecular weight is 179 g/mol. The number of Topliss-reactive ketones (excluding diaryl/α,β-unsaturated/α-hetero) is 1. The molecule has 2 nitrogen and oxygen atoms in total. The molecule has 0 aromatic rings. The number of carbonyl (C=O) groups is 1. The largest absolute Gasteiger partial charge is 0.298 e. The first-order chi connectivity index (χ1) is 6.27. The third-order valence-corrected chi connectivity index (χ3v) is 4.53. The van der Waals surface area contributed by atoms with Crippen LogP contribution in [0.1, 0.15) is 32.1 Å². The number of nitrogens with zero attached hydrogens (tertiary/aromatic N) is 1. The van der Waals surface area contributed by atoms with Crippen LogP contribution in [0, 0.1) is 11.8 Å². The Hall–Kier alpha value is -0.370. The summed E-state index contributed by atoms with van der Waals surface area (Å²) in [5.74, 6) is 2.13. The van der Waals surface area contributed by atoms with Gasteiger partial charge in [0, 0.05) is 12.5 Å². The molecule has 0 amide bonds. The fraction of sp³-hybridized carbons (Fsp3) is 0.909. The first-order valence-corrected chi connectivity index (χ1v) is 5.52. The molecule has 2 saturated carbocycles. The highest BCUT2D eigenvalue weighted by Crippen LogP contribution is 2.47. The van der Waals surface area contributed by atoms with E-state index in [1.807, 2.05) is 0 Å². The minimum atomic E-state index is 0.311. The van der Waals surface area contributed by atoms with Crippen molar-refractivity contribution in [2.75, 3.05) is 7.05 Å². The molecule has 2 aliphatic heterocycles. The van der Waals surface area contributed by atoms with Gasteiger partial charge in [0.15, 0.2) is 0 Å². The second kappa shape index (κ2) is 2.57. The van der Waals surface area contributed by atoms with Gasteiger partial charge in [-0.1, -0.05) is 0 Å². The van der Waals surface area contributed by atoms with Crippen LogP contribution in [0.5, 0.6) is 0 Å². The molecule has 72 valence electrons. The van der Waals surface area contributed by atoms with Gasteiger partial charge in [-0.25, -0.2) is 0 Å². The van der Waals surface area contributed by atoms with E-state index in [9.17, 15) is 4.79 Å². The molecular formula is C11H17NO. The van der Waals surface area contributed by atoms with Gasteiger partial charge in [-0.15, -0.1) is 0 Å². The van der Waals surface area contributed by atoms with Crippen LogP contribution in [0.4, 0.5) is 0 Å². The van der Waals surface area contributed by atoms with Gasteiger partial charge in [0.2, 0.25) is 0 Å². The maximum absolute atomic E-state index is 11.8. The molecule has 0 aromatic carbocycles.